The Labute approximate surface area is 139 Å². The van der Waals surface area contributed by atoms with Crippen molar-refractivity contribution in [3.05, 3.63) is 35.7 Å². The normalized spacial score (nSPS) is 10.7. The Balaban J connectivity index is 1.84. The van der Waals surface area contributed by atoms with Crippen LogP contribution in [0.5, 0.6) is 5.75 Å². The van der Waals surface area contributed by atoms with Crippen LogP contribution in [-0.2, 0) is 13.5 Å². The minimum atomic E-state index is -0.984. The van der Waals surface area contributed by atoms with Gasteiger partial charge >= 0.3 is 5.97 Å². The number of para-hydroxylation sites is 1. The standard InChI is InChI=1S/C16H21N3O3S/c1-3-4-9-14-17-18-16(19(14)2)23-11-10-22-13-8-6-5-7-12(13)15(20)21/h5-8H,3-4,9-11H2,1-2H3,(H,20,21). The van der Waals surface area contributed by atoms with E-state index in [4.69, 9.17) is 9.84 Å². The van der Waals surface area contributed by atoms with Gasteiger partial charge in [-0.1, -0.05) is 37.2 Å². The average molecular weight is 335 g/mol. The largest absolute Gasteiger partial charge is 0.492 e. The van der Waals surface area contributed by atoms with Crippen molar-refractivity contribution in [1.82, 2.24) is 14.8 Å². The predicted molar refractivity (Wildman–Crippen MR) is 89.2 cm³/mol. The lowest BCUT2D eigenvalue weighted by Crippen LogP contribution is -2.06. The van der Waals surface area contributed by atoms with Gasteiger partial charge in [0.15, 0.2) is 5.16 Å². The fourth-order valence-electron chi connectivity index (χ4n) is 2.08. The van der Waals surface area contributed by atoms with E-state index >= 15 is 0 Å². The van der Waals surface area contributed by atoms with Gasteiger partial charge in [0, 0.05) is 19.2 Å². The van der Waals surface area contributed by atoms with E-state index in [1.165, 1.54) is 6.07 Å². The summed E-state index contributed by atoms with van der Waals surface area (Å²) in [4.78, 5) is 11.1. The number of thioether (sulfide) groups is 1. The Kier molecular flexibility index (Phi) is 6.46. The maximum atomic E-state index is 11.1. The molecular formula is C16H21N3O3S. The van der Waals surface area contributed by atoms with Crippen LogP contribution in [0.25, 0.3) is 0 Å². The molecule has 1 heterocycles. The quantitative estimate of drug-likeness (QED) is 0.561. The molecule has 0 fully saturated rings. The van der Waals surface area contributed by atoms with Crippen molar-refractivity contribution in [3.63, 3.8) is 0 Å². The van der Waals surface area contributed by atoms with Crippen LogP contribution in [0.15, 0.2) is 29.4 Å². The summed E-state index contributed by atoms with van der Waals surface area (Å²) in [5.74, 6) is 1.07. The van der Waals surface area contributed by atoms with Crippen LogP contribution in [0.1, 0.15) is 35.9 Å². The van der Waals surface area contributed by atoms with Gasteiger partial charge in [-0.3, -0.25) is 0 Å². The molecule has 2 aromatic rings. The van der Waals surface area contributed by atoms with Gasteiger partial charge in [0.05, 0.1) is 6.61 Å². The van der Waals surface area contributed by atoms with Crippen LogP contribution in [0.2, 0.25) is 0 Å². The topological polar surface area (TPSA) is 77.2 Å². The summed E-state index contributed by atoms with van der Waals surface area (Å²) in [5.41, 5.74) is 0.179. The lowest BCUT2D eigenvalue weighted by Gasteiger charge is -2.08. The first kappa shape index (κ1) is 17.3. The van der Waals surface area contributed by atoms with Crippen molar-refractivity contribution in [2.45, 2.75) is 31.3 Å². The number of benzene rings is 1. The van der Waals surface area contributed by atoms with Gasteiger partial charge in [-0.15, -0.1) is 10.2 Å². The number of hydrogen-bond acceptors (Lipinski definition) is 5. The number of carboxylic acid groups (broad SMARTS) is 1. The lowest BCUT2D eigenvalue weighted by atomic mass is 10.2. The smallest absolute Gasteiger partial charge is 0.339 e. The Morgan fingerprint density at radius 2 is 2.13 bits per heavy atom. The molecule has 0 atom stereocenters. The zero-order valence-corrected chi connectivity index (χ0v) is 14.2. The molecular weight excluding hydrogens is 314 g/mol. The molecule has 1 aromatic carbocycles. The van der Waals surface area contributed by atoms with Crippen molar-refractivity contribution in [3.8, 4) is 5.75 Å². The molecule has 0 bridgehead atoms. The van der Waals surface area contributed by atoms with E-state index in [2.05, 4.69) is 17.1 Å². The molecule has 23 heavy (non-hydrogen) atoms. The predicted octanol–water partition coefficient (Wildman–Crippen LogP) is 3.03. The average Bonchev–Trinajstić information content (AvgIpc) is 2.90. The summed E-state index contributed by atoms with van der Waals surface area (Å²) in [7, 11) is 1.97. The van der Waals surface area contributed by atoms with Crippen molar-refractivity contribution >= 4 is 17.7 Å². The summed E-state index contributed by atoms with van der Waals surface area (Å²) in [6.07, 6.45) is 3.17. The summed E-state index contributed by atoms with van der Waals surface area (Å²) < 4.78 is 7.58. The fraction of sp³-hybridized carbons (Fsp3) is 0.438. The third-order valence-corrected chi connectivity index (χ3v) is 4.35. The Morgan fingerprint density at radius 3 is 2.87 bits per heavy atom. The third-order valence-electron chi connectivity index (χ3n) is 3.37. The van der Waals surface area contributed by atoms with Crippen molar-refractivity contribution in [2.24, 2.45) is 7.05 Å². The van der Waals surface area contributed by atoms with E-state index in [-0.39, 0.29) is 5.56 Å². The van der Waals surface area contributed by atoms with Gasteiger partial charge in [0.1, 0.15) is 17.1 Å². The Bertz CT molecular complexity index is 658. The van der Waals surface area contributed by atoms with E-state index in [1.54, 1.807) is 30.0 Å². The minimum Gasteiger partial charge on any atom is -0.492 e. The molecule has 1 N–H and O–H groups in total. The molecule has 0 spiro atoms. The van der Waals surface area contributed by atoms with Crippen LogP contribution in [-0.4, -0.2) is 38.2 Å². The van der Waals surface area contributed by atoms with E-state index < -0.39 is 5.97 Å². The minimum absolute atomic E-state index is 0.179. The number of unbranched alkanes of at least 4 members (excludes halogenated alkanes) is 1. The highest BCUT2D eigenvalue weighted by molar-refractivity contribution is 7.99. The van der Waals surface area contributed by atoms with Gasteiger partial charge in [-0.25, -0.2) is 4.79 Å². The SMILES string of the molecule is CCCCc1nnc(SCCOc2ccccc2C(=O)O)n1C. The first-order chi connectivity index (χ1) is 11.1. The molecule has 2 rings (SSSR count). The van der Waals surface area contributed by atoms with Crippen molar-refractivity contribution < 1.29 is 14.6 Å². The first-order valence-electron chi connectivity index (χ1n) is 7.59. The highest BCUT2D eigenvalue weighted by atomic mass is 32.2. The molecule has 6 nitrogen and oxygen atoms in total. The fourth-order valence-corrected chi connectivity index (χ4v) is 2.82. The maximum Gasteiger partial charge on any atom is 0.339 e. The monoisotopic (exact) mass is 335 g/mol. The lowest BCUT2D eigenvalue weighted by molar-refractivity contribution is 0.0692. The number of aryl methyl sites for hydroxylation is 1. The second-order valence-electron chi connectivity index (χ2n) is 5.06. The molecule has 0 saturated carbocycles. The van der Waals surface area contributed by atoms with E-state index in [0.29, 0.717) is 18.1 Å². The maximum absolute atomic E-state index is 11.1. The number of hydrogen-bond donors (Lipinski definition) is 1. The summed E-state index contributed by atoms with van der Waals surface area (Å²) in [6, 6.07) is 6.65. The van der Waals surface area contributed by atoms with Gasteiger partial charge < -0.3 is 14.4 Å². The first-order valence-corrected chi connectivity index (χ1v) is 8.58. The highest BCUT2D eigenvalue weighted by Crippen LogP contribution is 2.20. The van der Waals surface area contributed by atoms with Gasteiger partial charge in [0.2, 0.25) is 0 Å². The van der Waals surface area contributed by atoms with Gasteiger partial charge in [0.25, 0.3) is 0 Å². The second kappa shape index (κ2) is 8.57. The second-order valence-corrected chi connectivity index (χ2v) is 6.12. The molecule has 7 heteroatoms. The number of ether oxygens (including phenoxy) is 1. The van der Waals surface area contributed by atoms with E-state index in [1.807, 2.05) is 11.6 Å². The van der Waals surface area contributed by atoms with Gasteiger partial charge in [-0.2, -0.15) is 0 Å². The molecule has 0 amide bonds. The zero-order valence-electron chi connectivity index (χ0n) is 13.4. The number of aromatic carboxylic acids is 1. The van der Waals surface area contributed by atoms with Crippen LogP contribution < -0.4 is 4.74 Å². The highest BCUT2D eigenvalue weighted by Gasteiger charge is 2.11. The molecule has 1 aromatic heterocycles. The number of carboxylic acids is 1. The number of carbonyl (C=O) groups is 1. The molecule has 0 aliphatic carbocycles. The van der Waals surface area contributed by atoms with Crippen LogP contribution in [0.3, 0.4) is 0 Å². The zero-order chi connectivity index (χ0) is 16.7. The number of aromatic nitrogens is 3. The van der Waals surface area contributed by atoms with Crippen LogP contribution in [0, 0.1) is 0 Å². The third kappa shape index (κ3) is 4.72. The molecule has 0 aliphatic rings. The number of nitrogens with zero attached hydrogens (tertiary/aromatic N) is 3. The Morgan fingerprint density at radius 1 is 1.35 bits per heavy atom. The van der Waals surface area contributed by atoms with Crippen LogP contribution in [0.4, 0.5) is 0 Å². The summed E-state index contributed by atoms with van der Waals surface area (Å²) in [5, 5.41) is 18.3. The summed E-state index contributed by atoms with van der Waals surface area (Å²) >= 11 is 1.55. The molecule has 0 radical (unpaired) electrons. The molecule has 0 saturated heterocycles. The number of rotatable bonds is 9. The summed E-state index contributed by atoms with van der Waals surface area (Å²) in [6.45, 7) is 2.56. The molecule has 124 valence electrons. The van der Waals surface area contributed by atoms with E-state index in [9.17, 15) is 4.79 Å². The van der Waals surface area contributed by atoms with Crippen molar-refractivity contribution in [1.29, 1.82) is 0 Å². The van der Waals surface area contributed by atoms with Crippen LogP contribution >= 0.6 is 11.8 Å². The van der Waals surface area contributed by atoms with Crippen molar-refractivity contribution in [2.75, 3.05) is 12.4 Å². The molecule has 0 aliphatic heterocycles. The van der Waals surface area contributed by atoms with Gasteiger partial charge in [-0.05, 0) is 18.6 Å². The Hall–Kier alpha value is -2.02. The molecule has 0 unspecified atom stereocenters. The van der Waals surface area contributed by atoms with E-state index in [0.717, 1.165) is 30.2 Å².